The molecular formula is C16H11ClN2OS. The summed E-state index contributed by atoms with van der Waals surface area (Å²) in [6.45, 7) is 2.12. The molecule has 0 aliphatic carbocycles. The highest BCUT2D eigenvalue weighted by Gasteiger charge is 2.14. The van der Waals surface area contributed by atoms with Crippen molar-refractivity contribution >= 4 is 44.1 Å². The van der Waals surface area contributed by atoms with E-state index in [9.17, 15) is 0 Å². The molecule has 0 aliphatic rings. The number of para-hydroxylation sites is 1. The maximum Gasteiger partial charge on any atom is 0.166 e. The van der Waals surface area contributed by atoms with E-state index in [-0.39, 0.29) is 0 Å². The molecule has 0 spiro atoms. The largest absolute Gasteiger partial charge is 0.464 e. The molecule has 0 bridgehead atoms. The van der Waals surface area contributed by atoms with Gasteiger partial charge in [-0.1, -0.05) is 36.7 Å². The van der Waals surface area contributed by atoms with Crippen molar-refractivity contribution in [2.45, 2.75) is 13.3 Å². The van der Waals surface area contributed by atoms with Gasteiger partial charge in [0.1, 0.15) is 21.8 Å². The number of hydrogen-bond donors (Lipinski definition) is 0. The fourth-order valence-electron chi connectivity index (χ4n) is 2.38. The molecule has 21 heavy (non-hydrogen) atoms. The zero-order valence-corrected chi connectivity index (χ0v) is 12.8. The van der Waals surface area contributed by atoms with Crippen molar-refractivity contribution in [2.24, 2.45) is 0 Å². The molecule has 0 aliphatic heterocycles. The molecule has 3 heterocycles. The predicted octanol–water partition coefficient (Wildman–Crippen LogP) is 5.32. The minimum Gasteiger partial charge on any atom is -0.464 e. The smallest absolute Gasteiger partial charge is 0.166 e. The lowest BCUT2D eigenvalue weighted by Gasteiger charge is -1.99. The SMILES string of the molecule is CCc1cc2c(Cl)nc(-c3coc4ccccc34)nc2s1. The van der Waals surface area contributed by atoms with E-state index in [4.69, 9.17) is 16.0 Å². The first-order valence-corrected chi connectivity index (χ1v) is 7.88. The monoisotopic (exact) mass is 314 g/mol. The van der Waals surface area contributed by atoms with Crippen LogP contribution in [0.25, 0.3) is 32.6 Å². The van der Waals surface area contributed by atoms with Crippen molar-refractivity contribution in [2.75, 3.05) is 0 Å². The standard InChI is InChI=1S/C16H11ClN2OS/c1-2-9-7-11-14(17)18-15(19-16(11)21-9)12-8-20-13-6-4-3-5-10(12)13/h3-8H,2H2,1H3. The van der Waals surface area contributed by atoms with Crippen LogP contribution in [0, 0.1) is 0 Å². The number of nitrogens with zero attached hydrogens (tertiary/aromatic N) is 2. The Kier molecular flexibility index (Phi) is 2.94. The van der Waals surface area contributed by atoms with Crippen molar-refractivity contribution < 1.29 is 4.42 Å². The molecule has 3 aromatic heterocycles. The minimum absolute atomic E-state index is 0.497. The molecule has 4 rings (SSSR count). The van der Waals surface area contributed by atoms with Crippen LogP contribution in [0.1, 0.15) is 11.8 Å². The third-order valence-electron chi connectivity index (χ3n) is 3.47. The lowest BCUT2D eigenvalue weighted by molar-refractivity contribution is 0.616. The summed E-state index contributed by atoms with van der Waals surface area (Å²) in [5, 5.41) is 2.42. The van der Waals surface area contributed by atoms with E-state index in [0.717, 1.165) is 33.2 Å². The first kappa shape index (κ1) is 12.8. The van der Waals surface area contributed by atoms with Crippen LogP contribution in [0.15, 0.2) is 41.0 Å². The molecule has 0 saturated heterocycles. The van der Waals surface area contributed by atoms with Gasteiger partial charge >= 0.3 is 0 Å². The topological polar surface area (TPSA) is 38.9 Å². The molecule has 104 valence electrons. The van der Waals surface area contributed by atoms with E-state index >= 15 is 0 Å². The average Bonchev–Trinajstić information content (AvgIpc) is 3.10. The highest BCUT2D eigenvalue weighted by atomic mass is 35.5. The predicted molar refractivity (Wildman–Crippen MR) is 87.0 cm³/mol. The number of hydrogen-bond acceptors (Lipinski definition) is 4. The number of halogens is 1. The van der Waals surface area contributed by atoms with Crippen LogP contribution in [0.2, 0.25) is 5.15 Å². The lowest BCUT2D eigenvalue weighted by atomic mass is 10.1. The van der Waals surface area contributed by atoms with E-state index in [1.165, 1.54) is 4.88 Å². The summed E-state index contributed by atoms with van der Waals surface area (Å²) in [6.07, 6.45) is 2.66. The Morgan fingerprint density at radius 2 is 2.05 bits per heavy atom. The Balaban J connectivity index is 1.98. The number of aryl methyl sites for hydroxylation is 1. The second kappa shape index (κ2) is 4.83. The summed E-state index contributed by atoms with van der Waals surface area (Å²) in [4.78, 5) is 11.3. The first-order valence-electron chi connectivity index (χ1n) is 6.69. The van der Waals surface area contributed by atoms with Gasteiger partial charge in [-0.15, -0.1) is 11.3 Å². The van der Waals surface area contributed by atoms with Crippen molar-refractivity contribution in [3.63, 3.8) is 0 Å². The Morgan fingerprint density at radius 3 is 2.90 bits per heavy atom. The van der Waals surface area contributed by atoms with E-state index in [1.54, 1.807) is 17.6 Å². The number of fused-ring (bicyclic) bond motifs is 2. The quantitative estimate of drug-likeness (QED) is 0.470. The van der Waals surface area contributed by atoms with Crippen molar-refractivity contribution in [1.29, 1.82) is 0 Å². The molecule has 5 heteroatoms. The fourth-order valence-corrected chi connectivity index (χ4v) is 3.63. The molecule has 0 saturated carbocycles. The summed E-state index contributed by atoms with van der Waals surface area (Å²) < 4.78 is 5.56. The van der Waals surface area contributed by atoms with Gasteiger partial charge in [-0.2, -0.15) is 0 Å². The van der Waals surface area contributed by atoms with Gasteiger partial charge in [0.25, 0.3) is 0 Å². The van der Waals surface area contributed by atoms with Gasteiger partial charge in [-0.3, -0.25) is 0 Å². The Morgan fingerprint density at radius 1 is 1.19 bits per heavy atom. The van der Waals surface area contributed by atoms with Gasteiger partial charge < -0.3 is 4.42 Å². The van der Waals surface area contributed by atoms with Crippen molar-refractivity contribution in [3.8, 4) is 11.4 Å². The summed E-state index contributed by atoms with van der Waals surface area (Å²) >= 11 is 7.99. The van der Waals surface area contributed by atoms with Gasteiger partial charge in [0.2, 0.25) is 0 Å². The maximum absolute atomic E-state index is 6.33. The number of benzene rings is 1. The molecule has 0 amide bonds. The average molecular weight is 315 g/mol. The molecule has 3 nitrogen and oxygen atoms in total. The maximum atomic E-state index is 6.33. The Hall–Kier alpha value is -1.91. The summed E-state index contributed by atoms with van der Waals surface area (Å²) in [6, 6.07) is 9.92. The van der Waals surface area contributed by atoms with Gasteiger partial charge in [0, 0.05) is 15.6 Å². The molecule has 1 aromatic carbocycles. The molecule has 0 atom stereocenters. The second-order valence-corrected chi connectivity index (χ2v) is 6.24. The highest BCUT2D eigenvalue weighted by Crippen LogP contribution is 2.34. The Labute approximate surface area is 130 Å². The van der Waals surface area contributed by atoms with Gasteiger partial charge in [0.05, 0.1) is 5.56 Å². The van der Waals surface area contributed by atoms with E-state index < -0.39 is 0 Å². The molecule has 0 radical (unpaired) electrons. The van der Waals surface area contributed by atoms with Crippen LogP contribution in [0.3, 0.4) is 0 Å². The third kappa shape index (κ3) is 2.03. The zero-order valence-electron chi connectivity index (χ0n) is 11.3. The van der Waals surface area contributed by atoms with E-state index in [2.05, 4.69) is 23.0 Å². The Bertz CT molecular complexity index is 957. The lowest BCUT2D eigenvalue weighted by Crippen LogP contribution is -1.88. The van der Waals surface area contributed by atoms with Crippen LogP contribution in [-0.2, 0) is 6.42 Å². The van der Waals surface area contributed by atoms with Gasteiger partial charge in [-0.25, -0.2) is 9.97 Å². The van der Waals surface area contributed by atoms with Crippen LogP contribution < -0.4 is 0 Å². The first-order chi connectivity index (χ1) is 10.3. The summed E-state index contributed by atoms with van der Waals surface area (Å²) in [5.41, 5.74) is 1.70. The molecule has 4 aromatic rings. The van der Waals surface area contributed by atoms with Crippen molar-refractivity contribution in [1.82, 2.24) is 9.97 Å². The van der Waals surface area contributed by atoms with Crippen molar-refractivity contribution in [3.05, 3.63) is 46.6 Å². The molecule has 0 N–H and O–H groups in total. The highest BCUT2D eigenvalue weighted by molar-refractivity contribution is 7.18. The second-order valence-electron chi connectivity index (χ2n) is 4.77. The number of rotatable bonds is 2. The number of thiophene rings is 1. The van der Waals surface area contributed by atoms with E-state index in [0.29, 0.717) is 11.0 Å². The minimum atomic E-state index is 0.497. The van der Waals surface area contributed by atoms with E-state index in [1.807, 2.05) is 24.3 Å². The molecular weight excluding hydrogens is 304 g/mol. The summed E-state index contributed by atoms with van der Waals surface area (Å²) in [5.74, 6) is 0.613. The zero-order chi connectivity index (χ0) is 14.4. The van der Waals surface area contributed by atoms with Gasteiger partial charge in [0.15, 0.2) is 5.82 Å². The van der Waals surface area contributed by atoms with Crippen LogP contribution in [0.4, 0.5) is 0 Å². The van der Waals surface area contributed by atoms with Crippen LogP contribution in [-0.4, -0.2) is 9.97 Å². The fraction of sp³-hybridized carbons (Fsp3) is 0.125. The van der Waals surface area contributed by atoms with Crippen LogP contribution in [0.5, 0.6) is 0 Å². The van der Waals surface area contributed by atoms with Crippen LogP contribution >= 0.6 is 22.9 Å². The van der Waals surface area contributed by atoms with Gasteiger partial charge in [-0.05, 0) is 18.6 Å². The third-order valence-corrected chi connectivity index (χ3v) is 4.93. The number of furan rings is 1. The molecule has 0 unspecified atom stereocenters. The summed E-state index contributed by atoms with van der Waals surface area (Å²) in [7, 11) is 0. The normalized spacial score (nSPS) is 11.5. The molecule has 0 fully saturated rings. The number of aromatic nitrogens is 2.